The number of sulfonamides is 1. The molecule has 0 atom stereocenters. The molecule has 0 unspecified atom stereocenters. The zero-order valence-corrected chi connectivity index (χ0v) is 14.7. The van der Waals surface area contributed by atoms with Crippen LogP contribution in [0.25, 0.3) is 0 Å². The lowest BCUT2D eigenvalue weighted by Crippen LogP contribution is -2.09. The second-order valence-electron chi connectivity index (χ2n) is 6.56. The molecule has 0 bridgehead atoms. The van der Waals surface area contributed by atoms with Gasteiger partial charge in [0.15, 0.2) is 0 Å². The molecular weight excluding hydrogens is 294 g/mol. The second-order valence-corrected chi connectivity index (χ2v) is 8.13. The van der Waals surface area contributed by atoms with Crippen LogP contribution in [0.4, 0.5) is 0 Å². The van der Waals surface area contributed by atoms with Crippen molar-refractivity contribution in [2.45, 2.75) is 70.6 Å². The largest absolute Gasteiger partial charge is 0.282 e. The molecule has 3 nitrogen and oxygen atoms in total. The number of nitrogens with zero attached hydrogens (tertiary/aromatic N) is 1. The highest BCUT2D eigenvalue weighted by Crippen LogP contribution is 2.25. The molecule has 0 radical (unpaired) electrons. The van der Waals surface area contributed by atoms with Crippen molar-refractivity contribution in [3.05, 3.63) is 28.8 Å². The van der Waals surface area contributed by atoms with Gasteiger partial charge >= 0.3 is 0 Å². The molecule has 0 spiro atoms. The molecule has 1 aromatic rings. The van der Waals surface area contributed by atoms with Crippen LogP contribution in [0.15, 0.2) is 21.4 Å². The molecule has 4 heteroatoms. The Bertz CT molecular complexity index is 616. The Morgan fingerprint density at radius 3 is 2.00 bits per heavy atom. The van der Waals surface area contributed by atoms with Crippen LogP contribution in [-0.2, 0) is 10.0 Å². The van der Waals surface area contributed by atoms with Crippen LogP contribution in [-0.4, -0.2) is 14.6 Å². The maximum absolute atomic E-state index is 12.6. The van der Waals surface area contributed by atoms with Crippen molar-refractivity contribution in [1.82, 2.24) is 0 Å². The van der Waals surface area contributed by atoms with Gasteiger partial charge in [-0.25, -0.2) is 0 Å². The third-order valence-electron chi connectivity index (χ3n) is 4.42. The van der Waals surface area contributed by atoms with Crippen LogP contribution in [0.2, 0.25) is 0 Å². The topological polar surface area (TPSA) is 46.5 Å². The monoisotopic (exact) mass is 321 g/mol. The summed E-state index contributed by atoms with van der Waals surface area (Å²) in [4.78, 5) is 0.375. The second kappa shape index (κ2) is 7.40. The standard InChI is InChI=1S/C18H27NO2S/c1-14-11-15(2)18(16(3)12-14)22(20,21)19-13-17-9-7-5-4-6-8-10-17/h11-13,17H,4-10H2,1-3H3/b19-13+. The van der Waals surface area contributed by atoms with Crippen molar-refractivity contribution >= 4 is 16.2 Å². The summed E-state index contributed by atoms with van der Waals surface area (Å²) in [6.07, 6.45) is 10.00. The van der Waals surface area contributed by atoms with E-state index >= 15 is 0 Å². The minimum Gasteiger partial charge on any atom is -0.199 e. The van der Waals surface area contributed by atoms with Gasteiger partial charge in [0.05, 0.1) is 4.90 Å². The van der Waals surface area contributed by atoms with E-state index in [1.807, 2.05) is 32.9 Å². The Morgan fingerprint density at radius 2 is 1.45 bits per heavy atom. The van der Waals surface area contributed by atoms with E-state index in [1.54, 1.807) is 6.21 Å². The van der Waals surface area contributed by atoms with Crippen LogP contribution in [0.3, 0.4) is 0 Å². The summed E-state index contributed by atoms with van der Waals surface area (Å²) in [6, 6.07) is 3.82. The molecule has 0 heterocycles. The van der Waals surface area contributed by atoms with Gasteiger partial charge in [-0.05, 0) is 50.7 Å². The molecule has 0 saturated heterocycles. The molecule has 0 amide bonds. The number of rotatable bonds is 3. The van der Waals surface area contributed by atoms with Crippen molar-refractivity contribution in [2.24, 2.45) is 10.3 Å². The first-order chi connectivity index (χ1) is 10.4. The first-order valence-electron chi connectivity index (χ1n) is 8.28. The van der Waals surface area contributed by atoms with Crippen molar-refractivity contribution in [1.29, 1.82) is 0 Å². The average molecular weight is 321 g/mol. The third-order valence-corrected chi connectivity index (χ3v) is 5.98. The number of aryl methyl sites for hydroxylation is 3. The lowest BCUT2D eigenvalue weighted by molar-refractivity contribution is 0.457. The first kappa shape index (κ1) is 17.2. The van der Waals surface area contributed by atoms with E-state index in [1.165, 1.54) is 32.1 Å². The Hall–Kier alpha value is -1.16. The van der Waals surface area contributed by atoms with Crippen molar-refractivity contribution < 1.29 is 8.42 Å². The Labute approximate surface area is 134 Å². The number of hydrogen-bond donors (Lipinski definition) is 0. The van der Waals surface area contributed by atoms with Crippen LogP contribution < -0.4 is 0 Å². The van der Waals surface area contributed by atoms with Crippen molar-refractivity contribution in [2.75, 3.05) is 0 Å². The zero-order valence-electron chi connectivity index (χ0n) is 13.9. The van der Waals surface area contributed by atoms with Gasteiger partial charge in [0, 0.05) is 6.21 Å². The summed E-state index contributed by atoms with van der Waals surface area (Å²) in [5.41, 5.74) is 2.65. The Morgan fingerprint density at radius 1 is 0.955 bits per heavy atom. The lowest BCUT2D eigenvalue weighted by Gasteiger charge is -2.15. The van der Waals surface area contributed by atoms with Crippen LogP contribution >= 0.6 is 0 Å². The van der Waals surface area contributed by atoms with Gasteiger partial charge in [-0.3, -0.25) is 0 Å². The Kier molecular flexibility index (Phi) is 5.79. The normalized spacial score (nSPS) is 18.3. The van der Waals surface area contributed by atoms with Gasteiger partial charge in [-0.1, -0.05) is 49.8 Å². The lowest BCUT2D eigenvalue weighted by atomic mass is 9.92. The molecule has 122 valence electrons. The summed E-state index contributed by atoms with van der Waals surface area (Å²) in [5, 5.41) is 0. The van der Waals surface area contributed by atoms with E-state index in [9.17, 15) is 8.42 Å². The smallest absolute Gasteiger partial charge is 0.199 e. The van der Waals surface area contributed by atoms with E-state index in [2.05, 4.69) is 4.40 Å². The highest BCUT2D eigenvalue weighted by atomic mass is 32.2. The van der Waals surface area contributed by atoms with Gasteiger partial charge in [0.25, 0.3) is 10.0 Å². The molecule has 0 aliphatic heterocycles. The maximum Gasteiger partial charge on any atom is 0.282 e. The molecule has 0 aromatic heterocycles. The fourth-order valence-electron chi connectivity index (χ4n) is 3.43. The minimum atomic E-state index is -3.59. The van der Waals surface area contributed by atoms with Crippen molar-refractivity contribution in [3.8, 4) is 0 Å². The quantitative estimate of drug-likeness (QED) is 0.755. The van der Waals surface area contributed by atoms with Crippen LogP contribution in [0.1, 0.15) is 61.6 Å². The average Bonchev–Trinajstić information content (AvgIpc) is 2.35. The van der Waals surface area contributed by atoms with E-state index in [0.29, 0.717) is 10.8 Å². The fourth-order valence-corrected chi connectivity index (χ4v) is 4.80. The highest BCUT2D eigenvalue weighted by molar-refractivity contribution is 7.90. The summed E-state index contributed by atoms with van der Waals surface area (Å²) >= 11 is 0. The molecule has 2 rings (SSSR count). The molecule has 1 fully saturated rings. The summed E-state index contributed by atoms with van der Waals surface area (Å²) in [5.74, 6) is 0.307. The fraction of sp³-hybridized carbons (Fsp3) is 0.611. The summed E-state index contributed by atoms with van der Waals surface area (Å²) in [7, 11) is -3.59. The maximum atomic E-state index is 12.6. The van der Waals surface area contributed by atoms with Crippen molar-refractivity contribution in [3.63, 3.8) is 0 Å². The number of hydrogen-bond acceptors (Lipinski definition) is 2. The van der Waals surface area contributed by atoms with E-state index in [-0.39, 0.29) is 0 Å². The van der Waals surface area contributed by atoms with E-state index < -0.39 is 10.0 Å². The SMILES string of the molecule is Cc1cc(C)c(S(=O)(=O)/N=C/C2CCCCCCC2)c(C)c1. The van der Waals surface area contributed by atoms with E-state index in [0.717, 1.165) is 29.5 Å². The highest BCUT2D eigenvalue weighted by Gasteiger charge is 2.19. The van der Waals surface area contributed by atoms with Gasteiger partial charge < -0.3 is 0 Å². The predicted octanol–water partition coefficient (Wildman–Crippen LogP) is 4.73. The van der Waals surface area contributed by atoms with Crippen LogP contribution in [0.5, 0.6) is 0 Å². The van der Waals surface area contributed by atoms with Gasteiger partial charge in [0.2, 0.25) is 0 Å². The molecule has 1 saturated carbocycles. The Balaban J connectivity index is 2.21. The molecular formula is C18H27NO2S. The molecule has 1 aromatic carbocycles. The molecule has 22 heavy (non-hydrogen) atoms. The summed E-state index contributed by atoms with van der Waals surface area (Å²) < 4.78 is 29.2. The first-order valence-corrected chi connectivity index (χ1v) is 9.72. The summed E-state index contributed by atoms with van der Waals surface area (Å²) in [6.45, 7) is 5.67. The molecule has 1 aliphatic carbocycles. The third kappa shape index (κ3) is 4.42. The predicted molar refractivity (Wildman–Crippen MR) is 92.1 cm³/mol. The van der Waals surface area contributed by atoms with E-state index in [4.69, 9.17) is 0 Å². The molecule has 0 N–H and O–H groups in total. The molecule has 1 aliphatic rings. The number of benzene rings is 1. The zero-order chi connectivity index (χ0) is 16.2. The van der Waals surface area contributed by atoms with Gasteiger partial charge in [0.1, 0.15) is 0 Å². The van der Waals surface area contributed by atoms with Gasteiger partial charge in [-0.2, -0.15) is 12.8 Å². The van der Waals surface area contributed by atoms with Crippen LogP contribution in [0, 0.1) is 26.7 Å². The van der Waals surface area contributed by atoms with Gasteiger partial charge in [-0.15, -0.1) is 0 Å². The minimum absolute atomic E-state index is 0.307.